The number of rotatable bonds is 3. The van der Waals surface area contributed by atoms with Crippen molar-refractivity contribution in [3.05, 3.63) is 59.4 Å². The average Bonchev–Trinajstić information content (AvgIpc) is 3.22. The SMILES string of the molecule is O=C(NC1C=CC(F)=C(C(F)(F)F)C1)N1C[C@H]2CN(Cc3ccccc3)C[C@H]2C1. The largest absolute Gasteiger partial charge is 0.415 e. The molecule has 2 fully saturated rings. The molecular formula is C21H23F4N3O. The molecule has 0 spiro atoms. The zero-order valence-electron chi connectivity index (χ0n) is 15.8. The Labute approximate surface area is 166 Å². The molecule has 1 aromatic rings. The Bertz CT molecular complexity index is 807. The van der Waals surface area contributed by atoms with Crippen molar-refractivity contribution < 1.29 is 22.4 Å². The number of nitrogens with one attached hydrogen (secondary N) is 1. The molecule has 2 amide bonds. The molecule has 2 saturated heterocycles. The number of alkyl halides is 3. The van der Waals surface area contributed by atoms with E-state index in [-0.39, 0.29) is 6.03 Å². The van der Waals surface area contributed by atoms with Crippen molar-refractivity contribution in [3.8, 4) is 0 Å². The van der Waals surface area contributed by atoms with Crippen LogP contribution in [-0.2, 0) is 6.54 Å². The van der Waals surface area contributed by atoms with E-state index in [1.54, 1.807) is 4.90 Å². The highest BCUT2D eigenvalue weighted by Crippen LogP contribution is 2.36. The minimum atomic E-state index is -4.73. The van der Waals surface area contributed by atoms with Gasteiger partial charge < -0.3 is 10.2 Å². The smallest absolute Gasteiger partial charge is 0.331 e. The fraction of sp³-hybridized carbons (Fsp3) is 0.476. The summed E-state index contributed by atoms with van der Waals surface area (Å²) in [6.45, 7) is 3.87. The van der Waals surface area contributed by atoms with Crippen LogP contribution in [0.25, 0.3) is 0 Å². The number of halogens is 4. The lowest BCUT2D eigenvalue weighted by Gasteiger charge is -2.26. The zero-order valence-corrected chi connectivity index (χ0v) is 15.8. The number of carbonyl (C=O) groups is 1. The highest BCUT2D eigenvalue weighted by atomic mass is 19.4. The van der Waals surface area contributed by atoms with E-state index < -0.39 is 30.0 Å². The molecule has 2 aliphatic heterocycles. The lowest BCUT2D eigenvalue weighted by molar-refractivity contribution is -0.0963. The maximum absolute atomic E-state index is 13.4. The van der Waals surface area contributed by atoms with Gasteiger partial charge in [0.15, 0.2) is 0 Å². The highest BCUT2D eigenvalue weighted by molar-refractivity contribution is 5.75. The first-order valence-corrected chi connectivity index (χ1v) is 9.75. The number of benzene rings is 1. The maximum atomic E-state index is 13.4. The number of urea groups is 1. The summed E-state index contributed by atoms with van der Waals surface area (Å²) in [6, 6.07) is 8.98. The molecule has 29 heavy (non-hydrogen) atoms. The average molecular weight is 409 g/mol. The summed E-state index contributed by atoms with van der Waals surface area (Å²) in [4.78, 5) is 16.6. The second kappa shape index (κ2) is 7.82. The number of hydrogen-bond acceptors (Lipinski definition) is 2. The van der Waals surface area contributed by atoms with Gasteiger partial charge in [0, 0.05) is 39.1 Å². The summed E-state index contributed by atoms with van der Waals surface area (Å²) in [5, 5.41) is 2.61. The molecule has 2 heterocycles. The van der Waals surface area contributed by atoms with Crippen molar-refractivity contribution in [2.75, 3.05) is 26.2 Å². The lowest BCUT2D eigenvalue weighted by Crippen LogP contribution is -2.45. The molecule has 1 N–H and O–H groups in total. The summed E-state index contributed by atoms with van der Waals surface area (Å²) in [5.74, 6) is -0.541. The van der Waals surface area contributed by atoms with Gasteiger partial charge in [-0.25, -0.2) is 9.18 Å². The molecule has 0 radical (unpaired) electrons. The van der Waals surface area contributed by atoms with Crippen LogP contribution in [-0.4, -0.2) is 54.2 Å². The van der Waals surface area contributed by atoms with Crippen LogP contribution in [0.5, 0.6) is 0 Å². The minimum absolute atomic E-state index is 0.370. The summed E-state index contributed by atoms with van der Waals surface area (Å²) in [5.41, 5.74) is 0.0343. The summed E-state index contributed by atoms with van der Waals surface area (Å²) < 4.78 is 52.1. The van der Waals surface area contributed by atoms with E-state index in [0.29, 0.717) is 24.9 Å². The molecule has 156 valence electrons. The Morgan fingerprint density at radius 3 is 2.34 bits per heavy atom. The first-order chi connectivity index (χ1) is 13.8. The molecule has 0 saturated carbocycles. The predicted octanol–water partition coefficient (Wildman–Crippen LogP) is 3.87. The summed E-state index contributed by atoms with van der Waals surface area (Å²) >= 11 is 0. The third kappa shape index (κ3) is 4.47. The van der Waals surface area contributed by atoms with Crippen molar-refractivity contribution in [3.63, 3.8) is 0 Å². The Morgan fingerprint density at radius 1 is 1.07 bits per heavy atom. The second-order valence-corrected chi connectivity index (χ2v) is 8.05. The van der Waals surface area contributed by atoms with E-state index in [9.17, 15) is 22.4 Å². The molecule has 4 nitrogen and oxygen atoms in total. The monoisotopic (exact) mass is 409 g/mol. The summed E-state index contributed by atoms with van der Waals surface area (Å²) in [6.07, 6.45) is -3.24. The van der Waals surface area contributed by atoms with Crippen LogP contribution in [0.2, 0.25) is 0 Å². The van der Waals surface area contributed by atoms with Gasteiger partial charge in [-0.2, -0.15) is 13.2 Å². The molecule has 1 aliphatic carbocycles. The molecule has 0 bridgehead atoms. The first-order valence-electron chi connectivity index (χ1n) is 9.75. The lowest BCUT2D eigenvalue weighted by atomic mass is 9.99. The molecule has 8 heteroatoms. The Kier molecular flexibility index (Phi) is 5.38. The zero-order chi connectivity index (χ0) is 20.6. The standard InChI is InChI=1S/C21H23F4N3O/c22-19-7-6-17(8-18(19)21(23,24)25)26-20(29)28-12-15-10-27(11-16(15)13-28)9-14-4-2-1-3-5-14/h1-7,15-17H,8-13H2,(H,26,29)/t15-,16+,17?. The summed E-state index contributed by atoms with van der Waals surface area (Å²) in [7, 11) is 0. The number of fused-ring (bicyclic) bond motifs is 1. The van der Waals surface area contributed by atoms with E-state index in [4.69, 9.17) is 0 Å². The van der Waals surface area contributed by atoms with Crippen molar-refractivity contribution >= 4 is 6.03 Å². The van der Waals surface area contributed by atoms with E-state index in [2.05, 4.69) is 22.3 Å². The van der Waals surface area contributed by atoms with Gasteiger partial charge in [-0.15, -0.1) is 0 Å². The van der Waals surface area contributed by atoms with Gasteiger partial charge in [-0.3, -0.25) is 4.90 Å². The Balaban J connectivity index is 1.28. The molecule has 0 aromatic heterocycles. The Hall–Kier alpha value is -2.35. The van der Waals surface area contributed by atoms with E-state index >= 15 is 0 Å². The van der Waals surface area contributed by atoms with E-state index in [1.807, 2.05) is 18.2 Å². The van der Waals surface area contributed by atoms with Gasteiger partial charge >= 0.3 is 12.2 Å². The van der Waals surface area contributed by atoms with Crippen LogP contribution in [0, 0.1) is 11.8 Å². The number of hydrogen-bond donors (Lipinski definition) is 1. The van der Waals surface area contributed by atoms with Gasteiger partial charge in [-0.1, -0.05) is 36.4 Å². The normalized spacial score (nSPS) is 27.4. The van der Waals surface area contributed by atoms with Crippen LogP contribution >= 0.6 is 0 Å². The molecule has 1 aromatic carbocycles. The van der Waals surface area contributed by atoms with Crippen LogP contribution in [0.4, 0.5) is 22.4 Å². The van der Waals surface area contributed by atoms with Gasteiger partial charge in [-0.05, 0) is 23.5 Å². The topological polar surface area (TPSA) is 35.6 Å². The minimum Gasteiger partial charge on any atom is -0.331 e. The quantitative estimate of drug-likeness (QED) is 0.770. The van der Waals surface area contributed by atoms with Gasteiger partial charge in [0.25, 0.3) is 0 Å². The number of carbonyl (C=O) groups excluding carboxylic acids is 1. The third-order valence-corrected chi connectivity index (χ3v) is 5.94. The van der Waals surface area contributed by atoms with Crippen molar-refractivity contribution in [2.24, 2.45) is 11.8 Å². The number of allylic oxidation sites excluding steroid dienone is 2. The number of nitrogens with zero attached hydrogens (tertiary/aromatic N) is 2. The number of likely N-dealkylation sites (tertiary alicyclic amines) is 2. The van der Waals surface area contributed by atoms with E-state index in [0.717, 1.165) is 25.7 Å². The van der Waals surface area contributed by atoms with Crippen LogP contribution in [0.3, 0.4) is 0 Å². The molecule has 4 rings (SSSR count). The molecular weight excluding hydrogens is 386 g/mol. The predicted molar refractivity (Wildman–Crippen MR) is 101 cm³/mol. The Morgan fingerprint density at radius 2 is 1.72 bits per heavy atom. The fourth-order valence-corrected chi connectivity index (χ4v) is 4.51. The third-order valence-electron chi connectivity index (χ3n) is 5.94. The first kappa shape index (κ1) is 19.9. The van der Waals surface area contributed by atoms with Crippen LogP contribution < -0.4 is 5.32 Å². The van der Waals surface area contributed by atoms with Crippen molar-refractivity contribution in [2.45, 2.75) is 25.2 Å². The molecule has 3 atom stereocenters. The molecule has 3 aliphatic rings. The van der Waals surface area contributed by atoms with E-state index in [1.165, 1.54) is 11.6 Å². The maximum Gasteiger partial charge on any atom is 0.415 e. The van der Waals surface area contributed by atoms with Gasteiger partial charge in [0.05, 0.1) is 11.6 Å². The van der Waals surface area contributed by atoms with Crippen molar-refractivity contribution in [1.29, 1.82) is 0 Å². The van der Waals surface area contributed by atoms with Crippen molar-refractivity contribution in [1.82, 2.24) is 15.1 Å². The second-order valence-electron chi connectivity index (χ2n) is 8.05. The van der Waals surface area contributed by atoms with Crippen LogP contribution in [0.15, 0.2) is 53.9 Å². The fourth-order valence-electron chi connectivity index (χ4n) is 4.51. The van der Waals surface area contributed by atoms with Gasteiger partial charge in [0.1, 0.15) is 5.83 Å². The molecule has 1 unspecified atom stereocenters. The van der Waals surface area contributed by atoms with Gasteiger partial charge in [0.2, 0.25) is 0 Å². The van der Waals surface area contributed by atoms with Crippen LogP contribution in [0.1, 0.15) is 12.0 Å². The number of amides is 2. The highest BCUT2D eigenvalue weighted by Gasteiger charge is 2.43.